The Bertz CT molecular complexity index is 507. The van der Waals surface area contributed by atoms with Crippen LogP contribution in [0.2, 0.25) is 0 Å². The molecule has 1 N–H and O–H groups in total. The molecule has 5 nitrogen and oxygen atoms in total. The number of nitrogens with zero attached hydrogens (tertiary/aromatic N) is 1. The van der Waals surface area contributed by atoms with Crippen LogP contribution < -0.4 is 10.1 Å². The number of ether oxygens (including phenoxy) is 1. The van der Waals surface area contributed by atoms with Gasteiger partial charge in [-0.25, -0.2) is 8.42 Å². The maximum Gasteiger partial charge on any atom is 0.243 e. The maximum atomic E-state index is 12.5. The molecule has 0 radical (unpaired) electrons. The van der Waals surface area contributed by atoms with Gasteiger partial charge in [-0.3, -0.25) is 0 Å². The Morgan fingerprint density at radius 2 is 1.79 bits per heavy atom. The quantitative estimate of drug-likeness (QED) is 0.898. The van der Waals surface area contributed by atoms with Crippen molar-refractivity contribution >= 4 is 10.0 Å². The van der Waals surface area contributed by atoms with E-state index in [1.54, 1.807) is 38.4 Å². The second kappa shape index (κ2) is 5.90. The third-order valence-electron chi connectivity index (χ3n) is 3.56. The molecule has 106 valence electrons. The van der Waals surface area contributed by atoms with E-state index in [1.807, 2.05) is 0 Å². The molecule has 1 aliphatic heterocycles. The predicted molar refractivity (Wildman–Crippen MR) is 73.8 cm³/mol. The van der Waals surface area contributed by atoms with Crippen LogP contribution in [0, 0.1) is 0 Å². The first-order chi connectivity index (χ1) is 9.05. The van der Waals surface area contributed by atoms with Crippen LogP contribution in [-0.4, -0.2) is 46.0 Å². The summed E-state index contributed by atoms with van der Waals surface area (Å²) in [6.45, 7) is 1.74. The maximum absolute atomic E-state index is 12.5. The minimum Gasteiger partial charge on any atom is -0.497 e. The fourth-order valence-corrected chi connectivity index (χ4v) is 3.70. The Morgan fingerprint density at radius 3 is 2.32 bits per heavy atom. The zero-order valence-corrected chi connectivity index (χ0v) is 12.1. The molecular formula is C13H20N2O3S. The van der Waals surface area contributed by atoms with Gasteiger partial charge in [0.05, 0.1) is 12.0 Å². The summed E-state index contributed by atoms with van der Waals surface area (Å²) in [7, 11) is -0.191. The van der Waals surface area contributed by atoms with E-state index in [-0.39, 0.29) is 6.04 Å². The lowest BCUT2D eigenvalue weighted by atomic mass is 10.1. The molecule has 0 amide bonds. The fraction of sp³-hybridized carbons (Fsp3) is 0.538. The van der Waals surface area contributed by atoms with E-state index in [9.17, 15) is 8.42 Å². The highest BCUT2D eigenvalue weighted by Gasteiger charge is 2.28. The summed E-state index contributed by atoms with van der Waals surface area (Å²) in [6.07, 6.45) is 1.71. The van der Waals surface area contributed by atoms with Gasteiger partial charge in [-0.1, -0.05) is 0 Å². The summed E-state index contributed by atoms with van der Waals surface area (Å²) in [5.74, 6) is 0.656. The molecule has 2 rings (SSSR count). The second-order valence-electron chi connectivity index (χ2n) is 4.68. The largest absolute Gasteiger partial charge is 0.497 e. The van der Waals surface area contributed by atoms with E-state index in [0.717, 1.165) is 25.9 Å². The number of methoxy groups -OCH3 is 1. The lowest BCUT2D eigenvalue weighted by Gasteiger charge is -2.30. The van der Waals surface area contributed by atoms with Crippen molar-refractivity contribution in [1.82, 2.24) is 9.62 Å². The molecule has 1 fully saturated rings. The highest BCUT2D eigenvalue weighted by molar-refractivity contribution is 7.89. The van der Waals surface area contributed by atoms with Crippen LogP contribution >= 0.6 is 0 Å². The highest BCUT2D eigenvalue weighted by atomic mass is 32.2. The Balaban J connectivity index is 2.19. The van der Waals surface area contributed by atoms with E-state index in [1.165, 1.54) is 4.31 Å². The molecule has 0 aliphatic carbocycles. The molecule has 1 aliphatic rings. The number of hydrogen-bond donors (Lipinski definition) is 1. The Morgan fingerprint density at radius 1 is 1.21 bits per heavy atom. The number of rotatable bonds is 4. The van der Waals surface area contributed by atoms with Crippen LogP contribution in [0.3, 0.4) is 0 Å². The Kier molecular flexibility index (Phi) is 4.44. The van der Waals surface area contributed by atoms with Gasteiger partial charge in [0.25, 0.3) is 0 Å². The van der Waals surface area contributed by atoms with E-state index >= 15 is 0 Å². The zero-order chi connectivity index (χ0) is 13.9. The average molecular weight is 284 g/mol. The van der Waals surface area contributed by atoms with Gasteiger partial charge in [0, 0.05) is 13.1 Å². The van der Waals surface area contributed by atoms with Gasteiger partial charge in [0.1, 0.15) is 5.75 Å². The summed E-state index contributed by atoms with van der Waals surface area (Å²) >= 11 is 0. The van der Waals surface area contributed by atoms with Gasteiger partial charge in [-0.2, -0.15) is 4.31 Å². The highest BCUT2D eigenvalue weighted by Crippen LogP contribution is 2.22. The summed E-state index contributed by atoms with van der Waals surface area (Å²) in [5.41, 5.74) is 0. The molecule has 19 heavy (non-hydrogen) atoms. The van der Waals surface area contributed by atoms with Gasteiger partial charge in [0.15, 0.2) is 0 Å². The molecule has 1 aromatic carbocycles. The number of sulfonamides is 1. The van der Waals surface area contributed by atoms with E-state index in [2.05, 4.69) is 5.32 Å². The zero-order valence-electron chi connectivity index (χ0n) is 11.3. The smallest absolute Gasteiger partial charge is 0.243 e. The molecule has 0 saturated carbocycles. The van der Waals surface area contributed by atoms with Crippen LogP contribution in [0.5, 0.6) is 5.75 Å². The van der Waals surface area contributed by atoms with Gasteiger partial charge < -0.3 is 10.1 Å². The van der Waals surface area contributed by atoms with Crippen LogP contribution in [0.15, 0.2) is 29.2 Å². The molecule has 0 bridgehead atoms. The van der Waals surface area contributed by atoms with Gasteiger partial charge in [-0.05, 0) is 50.2 Å². The van der Waals surface area contributed by atoms with Crippen molar-refractivity contribution < 1.29 is 13.2 Å². The Labute approximate surface area is 114 Å². The second-order valence-corrected chi connectivity index (χ2v) is 6.68. The molecular weight excluding hydrogens is 264 g/mol. The van der Waals surface area contributed by atoms with Crippen LogP contribution in [0.1, 0.15) is 12.8 Å². The topological polar surface area (TPSA) is 58.6 Å². The van der Waals surface area contributed by atoms with Crippen molar-refractivity contribution in [2.75, 3.05) is 27.2 Å². The minimum atomic E-state index is -3.41. The summed E-state index contributed by atoms with van der Waals surface area (Å²) < 4.78 is 31.5. The average Bonchev–Trinajstić information content (AvgIpc) is 2.47. The van der Waals surface area contributed by atoms with Gasteiger partial charge >= 0.3 is 0 Å². The van der Waals surface area contributed by atoms with E-state index in [0.29, 0.717) is 10.6 Å². The van der Waals surface area contributed by atoms with Crippen LogP contribution in [0.4, 0.5) is 0 Å². The number of benzene rings is 1. The lowest BCUT2D eigenvalue weighted by molar-refractivity contribution is 0.296. The van der Waals surface area contributed by atoms with Crippen molar-refractivity contribution in [2.45, 2.75) is 23.8 Å². The molecule has 0 atom stereocenters. The Hall–Kier alpha value is -1.11. The molecule has 0 unspecified atom stereocenters. The number of hydrogen-bond acceptors (Lipinski definition) is 4. The summed E-state index contributed by atoms with van der Waals surface area (Å²) in [5, 5.41) is 3.24. The van der Waals surface area contributed by atoms with Crippen molar-refractivity contribution in [1.29, 1.82) is 0 Å². The fourth-order valence-electron chi connectivity index (χ4n) is 2.28. The number of piperidine rings is 1. The first-order valence-corrected chi connectivity index (χ1v) is 7.82. The van der Waals surface area contributed by atoms with Crippen molar-refractivity contribution in [3.63, 3.8) is 0 Å². The third kappa shape index (κ3) is 3.08. The van der Waals surface area contributed by atoms with E-state index in [4.69, 9.17) is 4.74 Å². The van der Waals surface area contributed by atoms with Crippen molar-refractivity contribution in [2.24, 2.45) is 0 Å². The summed E-state index contributed by atoms with van der Waals surface area (Å²) in [6, 6.07) is 6.59. The monoisotopic (exact) mass is 284 g/mol. The molecule has 6 heteroatoms. The standard InChI is InChI=1S/C13H20N2O3S/c1-15(11-7-9-14-10-8-11)19(16,17)13-5-3-12(18-2)4-6-13/h3-6,11,14H,7-10H2,1-2H3. The van der Waals surface area contributed by atoms with Crippen molar-refractivity contribution in [3.8, 4) is 5.75 Å². The first-order valence-electron chi connectivity index (χ1n) is 6.38. The predicted octanol–water partition coefficient (Wildman–Crippen LogP) is 1.07. The van der Waals surface area contributed by atoms with E-state index < -0.39 is 10.0 Å². The normalized spacial score (nSPS) is 17.6. The third-order valence-corrected chi connectivity index (χ3v) is 5.48. The van der Waals surface area contributed by atoms with Gasteiger partial charge in [0.2, 0.25) is 10.0 Å². The lowest BCUT2D eigenvalue weighted by Crippen LogP contribution is -2.43. The molecule has 1 aromatic rings. The minimum absolute atomic E-state index is 0.0772. The SMILES string of the molecule is COc1ccc(S(=O)(=O)N(C)C2CCNCC2)cc1. The molecule has 1 heterocycles. The molecule has 0 spiro atoms. The molecule has 1 saturated heterocycles. The van der Waals surface area contributed by atoms with Gasteiger partial charge in [-0.15, -0.1) is 0 Å². The van der Waals surface area contributed by atoms with Crippen LogP contribution in [0.25, 0.3) is 0 Å². The first kappa shape index (κ1) is 14.3. The van der Waals surface area contributed by atoms with Crippen molar-refractivity contribution in [3.05, 3.63) is 24.3 Å². The summed E-state index contributed by atoms with van der Waals surface area (Å²) in [4.78, 5) is 0.314. The molecule has 0 aromatic heterocycles. The van der Waals surface area contributed by atoms with Crippen LogP contribution in [-0.2, 0) is 10.0 Å². The number of nitrogens with one attached hydrogen (secondary N) is 1.